The number of carbonyl (C=O) groups is 2. The topological polar surface area (TPSA) is 75.9 Å². The lowest BCUT2D eigenvalue weighted by atomic mass is 9.61. The number of hydrogen-bond donors (Lipinski definition) is 1. The summed E-state index contributed by atoms with van der Waals surface area (Å²) in [7, 11) is -1.74. The van der Waals surface area contributed by atoms with Crippen molar-refractivity contribution in [3.8, 4) is 0 Å². The van der Waals surface area contributed by atoms with Crippen LogP contribution in [0, 0.1) is 5.41 Å². The average Bonchev–Trinajstić information content (AvgIpc) is 3.14. The Morgan fingerprint density at radius 3 is 2.29 bits per heavy atom. The Labute approximate surface area is 257 Å². The van der Waals surface area contributed by atoms with Gasteiger partial charge < -0.3 is 15.1 Å². The molecule has 42 heavy (non-hydrogen) atoms. The van der Waals surface area contributed by atoms with Gasteiger partial charge in [0.25, 0.3) is 5.91 Å². The van der Waals surface area contributed by atoms with E-state index in [0.717, 1.165) is 56.4 Å². The number of halogens is 1. The van der Waals surface area contributed by atoms with Crippen LogP contribution in [0.1, 0.15) is 94.5 Å². The lowest BCUT2D eigenvalue weighted by Crippen LogP contribution is -2.54. The molecule has 2 aliphatic heterocycles. The van der Waals surface area contributed by atoms with Crippen molar-refractivity contribution >= 4 is 48.8 Å². The number of hydrogen-bond acceptors (Lipinski definition) is 4. The van der Waals surface area contributed by atoms with Crippen molar-refractivity contribution in [2.45, 2.75) is 108 Å². The average molecular weight is 608 g/mol. The van der Waals surface area contributed by atoms with E-state index < -0.39 is 19.6 Å². The third-order valence-corrected chi connectivity index (χ3v) is 16.2. The SMILES string of the molecule is CC(C)(C)[Si](C)(C)OC1CC2(CCN(c3ccc4c(c3)C3(CCCCC3)C(=O)N4c3cccc(Cl)c3C(N)=O)CC2)C1. The van der Waals surface area contributed by atoms with Gasteiger partial charge in [-0.05, 0) is 98.0 Å². The van der Waals surface area contributed by atoms with E-state index in [4.69, 9.17) is 21.8 Å². The molecule has 2 heterocycles. The maximum absolute atomic E-state index is 14.3. The number of nitrogens with zero attached hydrogens (tertiary/aromatic N) is 2. The molecule has 3 fully saturated rings. The minimum Gasteiger partial charge on any atom is -0.414 e. The van der Waals surface area contributed by atoms with Gasteiger partial charge in [-0.3, -0.25) is 14.5 Å². The fourth-order valence-corrected chi connectivity index (χ4v) is 9.41. The molecule has 6 nitrogen and oxygen atoms in total. The monoisotopic (exact) mass is 607 g/mol. The van der Waals surface area contributed by atoms with Crippen LogP contribution in [0.2, 0.25) is 23.2 Å². The second-order valence-corrected chi connectivity index (χ2v) is 20.0. The second-order valence-electron chi connectivity index (χ2n) is 14.9. The molecular weight excluding hydrogens is 562 g/mol. The summed E-state index contributed by atoms with van der Waals surface area (Å²) in [5, 5.41) is 0.513. The molecule has 1 saturated heterocycles. The highest BCUT2D eigenvalue weighted by Gasteiger charge is 2.53. The number of fused-ring (bicyclic) bond motifs is 2. The first-order valence-corrected chi connectivity index (χ1v) is 19.1. The van der Waals surface area contributed by atoms with Gasteiger partial charge in [-0.2, -0.15) is 0 Å². The zero-order chi connectivity index (χ0) is 30.1. The van der Waals surface area contributed by atoms with Crippen molar-refractivity contribution in [2.75, 3.05) is 22.9 Å². The van der Waals surface area contributed by atoms with Crippen molar-refractivity contribution in [3.63, 3.8) is 0 Å². The van der Waals surface area contributed by atoms with Gasteiger partial charge in [0.05, 0.1) is 27.4 Å². The molecule has 2 amide bonds. The van der Waals surface area contributed by atoms with Crippen LogP contribution in [0.25, 0.3) is 0 Å². The molecule has 8 heteroatoms. The number of anilines is 3. The van der Waals surface area contributed by atoms with Crippen LogP contribution in [0.5, 0.6) is 0 Å². The molecule has 0 unspecified atom stereocenters. The second kappa shape index (κ2) is 10.4. The molecule has 0 aromatic heterocycles. The normalized spacial score (nSPS) is 22.0. The molecule has 2 aromatic carbocycles. The van der Waals surface area contributed by atoms with Crippen LogP contribution in [-0.4, -0.2) is 39.3 Å². The lowest BCUT2D eigenvalue weighted by Gasteiger charge is -2.55. The number of rotatable bonds is 5. The first kappa shape index (κ1) is 29.7. The van der Waals surface area contributed by atoms with E-state index in [-0.39, 0.29) is 21.5 Å². The summed E-state index contributed by atoms with van der Waals surface area (Å²) in [5.74, 6) is -0.583. The number of benzene rings is 2. The van der Waals surface area contributed by atoms with E-state index in [1.807, 2.05) is 0 Å². The number of primary amides is 1. The Morgan fingerprint density at radius 2 is 1.67 bits per heavy atom. The van der Waals surface area contributed by atoms with Crippen LogP contribution in [0.3, 0.4) is 0 Å². The predicted molar refractivity (Wildman–Crippen MR) is 174 cm³/mol. The summed E-state index contributed by atoms with van der Waals surface area (Å²) in [4.78, 5) is 31.0. The molecule has 2 N–H and O–H groups in total. The van der Waals surface area contributed by atoms with Gasteiger partial charge in [-0.15, -0.1) is 0 Å². The summed E-state index contributed by atoms with van der Waals surface area (Å²) in [5.41, 5.74) is 9.43. The number of piperidine rings is 1. The van der Waals surface area contributed by atoms with Crippen LogP contribution in [-0.2, 0) is 14.6 Å². The van der Waals surface area contributed by atoms with Gasteiger partial charge in [0.15, 0.2) is 8.32 Å². The highest BCUT2D eigenvalue weighted by atomic mass is 35.5. The standard InChI is InChI=1S/C34H46ClN3O3Si/c1-32(2,3)42(4,5)41-24-21-33(22-24)16-18-37(19-17-33)23-12-13-27-25(20-23)34(14-7-6-8-15-34)31(40)38(27)28-11-9-10-26(35)29(28)30(36)39/h9-13,20,24H,6-8,14-19,21-22H2,1-5H3,(H2,36,39). The largest absolute Gasteiger partial charge is 0.414 e. The molecule has 0 radical (unpaired) electrons. The summed E-state index contributed by atoms with van der Waals surface area (Å²) in [6.45, 7) is 13.7. The maximum atomic E-state index is 14.3. The molecule has 2 saturated carbocycles. The number of nitrogens with two attached hydrogens (primary N) is 1. The third kappa shape index (κ3) is 4.80. The molecule has 2 aromatic rings. The first-order valence-electron chi connectivity index (χ1n) is 15.8. The van der Waals surface area contributed by atoms with Crippen molar-refractivity contribution in [2.24, 2.45) is 11.1 Å². The minimum atomic E-state index is -1.74. The van der Waals surface area contributed by atoms with E-state index in [1.165, 1.54) is 31.4 Å². The highest BCUT2D eigenvalue weighted by molar-refractivity contribution is 6.74. The molecule has 2 aliphatic carbocycles. The molecule has 226 valence electrons. The Balaban J connectivity index is 1.24. The Hall–Kier alpha value is -2.35. The third-order valence-electron chi connectivity index (χ3n) is 11.3. The molecule has 0 atom stereocenters. The fourth-order valence-electron chi connectivity index (χ4n) is 7.79. The van der Waals surface area contributed by atoms with Crippen molar-refractivity contribution < 1.29 is 14.0 Å². The lowest BCUT2D eigenvalue weighted by molar-refractivity contribution is -0.123. The van der Waals surface area contributed by atoms with Crippen molar-refractivity contribution in [3.05, 3.63) is 52.5 Å². The smallest absolute Gasteiger partial charge is 0.252 e. The molecule has 4 aliphatic rings. The Morgan fingerprint density at radius 1 is 1.00 bits per heavy atom. The molecular formula is C34H46ClN3O3Si. The Kier molecular flexibility index (Phi) is 7.34. The number of amides is 2. The molecule has 0 bridgehead atoms. The minimum absolute atomic E-state index is 0.0407. The highest BCUT2D eigenvalue weighted by Crippen LogP contribution is 2.56. The zero-order valence-electron chi connectivity index (χ0n) is 25.9. The maximum Gasteiger partial charge on any atom is 0.252 e. The fraction of sp³-hybridized carbons (Fsp3) is 0.588. The van der Waals surface area contributed by atoms with Gasteiger partial charge in [0, 0.05) is 24.9 Å². The van der Waals surface area contributed by atoms with Crippen LogP contribution in [0.4, 0.5) is 17.1 Å². The van der Waals surface area contributed by atoms with E-state index in [9.17, 15) is 9.59 Å². The zero-order valence-corrected chi connectivity index (χ0v) is 27.7. The van der Waals surface area contributed by atoms with Crippen LogP contribution in [0.15, 0.2) is 36.4 Å². The quantitative estimate of drug-likeness (QED) is 0.349. The predicted octanol–water partition coefficient (Wildman–Crippen LogP) is 8.09. The van der Waals surface area contributed by atoms with Gasteiger partial charge >= 0.3 is 0 Å². The van der Waals surface area contributed by atoms with Gasteiger partial charge in [-0.25, -0.2) is 0 Å². The van der Waals surface area contributed by atoms with E-state index >= 15 is 0 Å². The van der Waals surface area contributed by atoms with Gasteiger partial charge in [-0.1, -0.05) is 57.7 Å². The molecule has 6 rings (SSSR count). The summed E-state index contributed by atoms with van der Waals surface area (Å²) in [6, 6.07) is 11.7. The van der Waals surface area contributed by atoms with E-state index in [1.54, 1.807) is 23.1 Å². The van der Waals surface area contributed by atoms with E-state index in [0.29, 0.717) is 17.2 Å². The van der Waals surface area contributed by atoms with Gasteiger partial charge in [0.1, 0.15) is 0 Å². The summed E-state index contributed by atoms with van der Waals surface area (Å²) in [6.07, 6.45) is 9.98. The van der Waals surface area contributed by atoms with Crippen molar-refractivity contribution in [1.82, 2.24) is 0 Å². The summed E-state index contributed by atoms with van der Waals surface area (Å²) < 4.78 is 6.73. The van der Waals surface area contributed by atoms with Crippen molar-refractivity contribution in [1.29, 1.82) is 0 Å². The Bertz CT molecular complexity index is 1400. The summed E-state index contributed by atoms with van der Waals surface area (Å²) >= 11 is 6.43. The number of carbonyl (C=O) groups excluding carboxylic acids is 2. The van der Waals surface area contributed by atoms with Crippen LogP contribution < -0.4 is 15.5 Å². The molecule has 2 spiro atoms. The van der Waals surface area contributed by atoms with E-state index in [2.05, 4.69) is 57.0 Å². The van der Waals surface area contributed by atoms with Crippen LogP contribution >= 0.6 is 11.6 Å². The first-order chi connectivity index (χ1) is 19.8. The van der Waals surface area contributed by atoms with Gasteiger partial charge in [0.2, 0.25) is 5.91 Å².